The summed E-state index contributed by atoms with van der Waals surface area (Å²) < 4.78 is 5.60. The third kappa shape index (κ3) is 4.66. The van der Waals surface area contributed by atoms with E-state index >= 15 is 0 Å². The second kappa shape index (κ2) is 6.75. The van der Waals surface area contributed by atoms with Crippen LogP contribution in [0.15, 0.2) is 12.1 Å². The van der Waals surface area contributed by atoms with E-state index in [4.69, 9.17) is 16.3 Å². The first-order valence-corrected chi connectivity index (χ1v) is 6.80. The Balaban J connectivity index is 2.41. The van der Waals surface area contributed by atoms with Gasteiger partial charge in [0.25, 0.3) is 0 Å². The fraction of sp³-hybridized carbons (Fsp3) is 0.500. The Hall–Kier alpha value is -1.07. The van der Waals surface area contributed by atoms with Crippen molar-refractivity contribution in [1.82, 2.24) is 4.90 Å². The molecule has 0 N–H and O–H groups in total. The molecule has 0 aliphatic carbocycles. The molecule has 1 aromatic heterocycles. The molecule has 100 valence electrons. The number of thiophene rings is 1. The fourth-order valence-corrected chi connectivity index (χ4v) is 2.25. The average Bonchev–Trinajstić information content (AvgIpc) is 2.71. The summed E-state index contributed by atoms with van der Waals surface area (Å²) in [7, 11) is 1.61. The number of carbonyl (C=O) groups excluding carboxylic acids is 2. The van der Waals surface area contributed by atoms with E-state index in [0.29, 0.717) is 15.8 Å². The van der Waals surface area contributed by atoms with E-state index < -0.39 is 6.09 Å². The summed E-state index contributed by atoms with van der Waals surface area (Å²) in [5, 5.41) is 0. The van der Waals surface area contributed by atoms with E-state index in [-0.39, 0.29) is 18.3 Å². The molecule has 0 aliphatic rings. The quantitative estimate of drug-likeness (QED) is 0.780. The van der Waals surface area contributed by atoms with Gasteiger partial charge in [0.2, 0.25) is 0 Å². The largest absolute Gasteiger partial charge is 0.447 e. The highest BCUT2D eigenvalue weighted by Crippen LogP contribution is 2.22. The Bertz CT molecular complexity index is 431. The van der Waals surface area contributed by atoms with Crippen LogP contribution in [-0.2, 0) is 4.74 Å². The summed E-state index contributed by atoms with van der Waals surface area (Å²) in [6.07, 6.45) is -0.311. The molecule has 0 fully saturated rings. The number of halogens is 1. The summed E-state index contributed by atoms with van der Waals surface area (Å²) in [4.78, 5) is 25.3. The third-order valence-electron chi connectivity index (χ3n) is 2.17. The van der Waals surface area contributed by atoms with Crippen molar-refractivity contribution in [2.75, 3.05) is 13.6 Å². The predicted octanol–water partition coefficient (Wildman–Crippen LogP) is 3.45. The summed E-state index contributed by atoms with van der Waals surface area (Å²) >= 11 is 7.00. The van der Waals surface area contributed by atoms with Gasteiger partial charge in [0.15, 0.2) is 5.78 Å². The fourth-order valence-electron chi connectivity index (χ4n) is 1.24. The Morgan fingerprint density at radius 1 is 1.44 bits per heavy atom. The number of hydrogen-bond donors (Lipinski definition) is 0. The minimum atomic E-state index is -0.415. The summed E-state index contributed by atoms with van der Waals surface area (Å²) in [6, 6.07) is 3.39. The molecule has 6 heteroatoms. The topological polar surface area (TPSA) is 46.6 Å². The van der Waals surface area contributed by atoms with Crippen molar-refractivity contribution < 1.29 is 14.3 Å². The van der Waals surface area contributed by atoms with Gasteiger partial charge in [-0.25, -0.2) is 4.79 Å². The van der Waals surface area contributed by atoms with E-state index in [1.807, 2.05) is 0 Å². The second-order valence-electron chi connectivity index (χ2n) is 4.13. The van der Waals surface area contributed by atoms with Crippen LogP contribution in [0.2, 0.25) is 4.34 Å². The van der Waals surface area contributed by atoms with E-state index in [0.717, 1.165) is 0 Å². The zero-order chi connectivity index (χ0) is 13.7. The SMILES string of the molecule is CC(C)OC(=O)N(C)CCC(=O)c1ccc(Cl)s1. The van der Waals surface area contributed by atoms with Crippen LogP contribution in [0.1, 0.15) is 29.9 Å². The van der Waals surface area contributed by atoms with E-state index in [9.17, 15) is 9.59 Å². The van der Waals surface area contributed by atoms with Crippen molar-refractivity contribution in [3.63, 3.8) is 0 Å². The molecule has 4 nitrogen and oxygen atoms in total. The van der Waals surface area contributed by atoms with Gasteiger partial charge in [0, 0.05) is 20.0 Å². The number of amides is 1. The van der Waals surface area contributed by atoms with E-state index in [1.54, 1.807) is 33.0 Å². The smallest absolute Gasteiger partial charge is 0.409 e. The minimum Gasteiger partial charge on any atom is -0.447 e. The van der Waals surface area contributed by atoms with Crippen molar-refractivity contribution in [2.24, 2.45) is 0 Å². The molecule has 1 rings (SSSR count). The van der Waals surface area contributed by atoms with Crippen LogP contribution < -0.4 is 0 Å². The van der Waals surface area contributed by atoms with Crippen molar-refractivity contribution in [1.29, 1.82) is 0 Å². The first-order valence-electron chi connectivity index (χ1n) is 5.60. The summed E-state index contributed by atoms with van der Waals surface area (Å²) in [5.74, 6) is -0.0175. The maximum atomic E-state index is 11.8. The van der Waals surface area contributed by atoms with Crippen molar-refractivity contribution in [3.8, 4) is 0 Å². The van der Waals surface area contributed by atoms with Gasteiger partial charge in [0.05, 0.1) is 15.3 Å². The van der Waals surface area contributed by atoms with Gasteiger partial charge in [-0.05, 0) is 26.0 Å². The van der Waals surface area contributed by atoms with Gasteiger partial charge in [-0.3, -0.25) is 4.79 Å². The lowest BCUT2D eigenvalue weighted by Crippen LogP contribution is -2.31. The molecule has 0 spiro atoms. The highest BCUT2D eigenvalue weighted by Gasteiger charge is 2.15. The summed E-state index contributed by atoms with van der Waals surface area (Å²) in [6.45, 7) is 3.90. The summed E-state index contributed by atoms with van der Waals surface area (Å²) in [5.41, 5.74) is 0. The van der Waals surface area contributed by atoms with Gasteiger partial charge >= 0.3 is 6.09 Å². The molecule has 0 aliphatic heterocycles. The van der Waals surface area contributed by atoms with Crippen molar-refractivity contribution >= 4 is 34.8 Å². The van der Waals surface area contributed by atoms with Gasteiger partial charge in [0.1, 0.15) is 0 Å². The van der Waals surface area contributed by atoms with E-state index in [1.165, 1.54) is 16.2 Å². The minimum absolute atomic E-state index is 0.0175. The Morgan fingerprint density at radius 2 is 2.11 bits per heavy atom. The lowest BCUT2D eigenvalue weighted by Gasteiger charge is -2.18. The maximum Gasteiger partial charge on any atom is 0.409 e. The van der Waals surface area contributed by atoms with Gasteiger partial charge in [-0.2, -0.15) is 0 Å². The number of hydrogen-bond acceptors (Lipinski definition) is 4. The van der Waals surface area contributed by atoms with E-state index in [2.05, 4.69) is 0 Å². The van der Waals surface area contributed by atoms with Crippen LogP contribution in [0, 0.1) is 0 Å². The molecule has 1 heterocycles. The Morgan fingerprint density at radius 3 is 2.61 bits per heavy atom. The molecular weight excluding hydrogens is 274 g/mol. The molecule has 1 aromatic rings. The number of nitrogens with zero attached hydrogens (tertiary/aromatic N) is 1. The second-order valence-corrected chi connectivity index (χ2v) is 5.85. The number of rotatable bonds is 5. The lowest BCUT2D eigenvalue weighted by atomic mass is 10.2. The lowest BCUT2D eigenvalue weighted by molar-refractivity contribution is 0.0814. The highest BCUT2D eigenvalue weighted by molar-refractivity contribution is 7.18. The standard InChI is InChI=1S/C12H16ClNO3S/c1-8(2)17-12(16)14(3)7-6-9(15)10-4-5-11(13)18-10/h4-5,8H,6-7H2,1-3H3. The highest BCUT2D eigenvalue weighted by atomic mass is 35.5. The van der Waals surface area contributed by atoms with Crippen LogP contribution in [0.5, 0.6) is 0 Å². The molecule has 0 atom stereocenters. The molecule has 0 saturated carbocycles. The molecule has 0 unspecified atom stereocenters. The number of carbonyl (C=O) groups is 2. The Labute approximate surface area is 115 Å². The monoisotopic (exact) mass is 289 g/mol. The third-order valence-corrected chi connectivity index (χ3v) is 3.44. The van der Waals surface area contributed by atoms with Gasteiger partial charge in [-0.15, -0.1) is 11.3 Å². The number of Topliss-reactive ketones (excluding diaryl/α,β-unsaturated/α-hetero) is 1. The average molecular weight is 290 g/mol. The predicted molar refractivity (Wildman–Crippen MR) is 72.5 cm³/mol. The molecule has 1 amide bonds. The molecular formula is C12H16ClNO3S. The number of ketones is 1. The van der Waals surface area contributed by atoms with Crippen LogP contribution >= 0.6 is 22.9 Å². The Kier molecular flexibility index (Phi) is 5.62. The normalized spacial score (nSPS) is 10.5. The molecule has 0 saturated heterocycles. The molecule has 18 heavy (non-hydrogen) atoms. The maximum absolute atomic E-state index is 11.8. The zero-order valence-electron chi connectivity index (χ0n) is 10.6. The van der Waals surface area contributed by atoms with Gasteiger partial charge in [-0.1, -0.05) is 11.6 Å². The van der Waals surface area contributed by atoms with Crippen LogP contribution in [0.25, 0.3) is 0 Å². The van der Waals surface area contributed by atoms with Crippen molar-refractivity contribution in [3.05, 3.63) is 21.3 Å². The molecule has 0 bridgehead atoms. The van der Waals surface area contributed by atoms with Crippen LogP contribution in [0.3, 0.4) is 0 Å². The molecule has 0 aromatic carbocycles. The van der Waals surface area contributed by atoms with Crippen LogP contribution in [-0.4, -0.2) is 36.5 Å². The van der Waals surface area contributed by atoms with Crippen molar-refractivity contribution in [2.45, 2.75) is 26.4 Å². The first kappa shape index (κ1) is 15.0. The number of ether oxygens (including phenoxy) is 1. The van der Waals surface area contributed by atoms with Gasteiger partial charge < -0.3 is 9.64 Å². The zero-order valence-corrected chi connectivity index (χ0v) is 12.2. The first-order chi connectivity index (χ1) is 8.40. The molecule has 0 radical (unpaired) electrons. The van der Waals surface area contributed by atoms with Crippen LogP contribution in [0.4, 0.5) is 4.79 Å².